The third-order valence-corrected chi connectivity index (χ3v) is 11.0. The Bertz CT molecular complexity index is 1260. The predicted octanol–water partition coefficient (Wildman–Crippen LogP) is 9.09. The number of likely N-dealkylation sites (tertiary alicyclic amines) is 1. The Morgan fingerprint density at radius 1 is 0.818 bits per heavy atom. The van der Waals surface area contributed by atoms with Crippen LogP contribution in [0.2, 0.25) is 0 Å². The van der Waals surface area contributed by atoms with Crippen molar-refractivity contribution < 1.29 is 24.0 Å². The van der Waals surface area contributed by atoms with E-state index in [9.17, 15) is 19.2 Å². The van der Waals surface area contributed by atoms with Crippen LogP contribution in [0.25, 0.3) is 0 Å². The van der Waals surface area contributed by atoms with Gasteiger partial charge in [0.1, 0.15) is 12.6 Å². The topological polar surface area (TPSA) is 143 Å². The summed E-state index contributed by atoms with van der Waals surface area (Å²) in [5, 5.41) is 10.0. The summed E-state index contributed by atoms with van der Waals surface area (Å²) in [5.41, 5.74) is 7.70. The van der Waals surface area contributed by atoms with Gasteiger partial charge < -0.3 is 26.1 Å². The monoisotopic (exact) mass is 768 g/mol. The van der Waals surface area contributed by atoms with Crippen LogP contribution in [0.4, 0.5) is 0 Å². The van der Waals surface area contributed by atoms with E-state index in [2.05, 4.69) is 41.5 Å². The molecule has 4 N–H and O–H groups in total. The summed E-state index contributed by atoms with van der Waals surface area (Å²) in [6.07, 6.45) is 23.3. The molecule has 10 nitrogen and oxygen atoms in total. The van der Waals surface area contributed by atoms with E-state index >= 15 is 0 Å². The van der Waals surface area contributed by atoms with Crippen molar-refractivity contribution in [3.8, 4) is 0 Å². The summed E-state index contributed by atoms with van der Waals surface area (Å²) < 4.78 is 0. The molecule has 312 valence electrons. The summed E-state index contributed by atoms with van der Waals surface area (Å²) in [6, 6.07) is 6.56. The van der Waals surface area contributed by atoms with Crippen LogP contribution < -0.4 is 16.4 Å². The van der Waals surface area contributed by atoms with Crippen molar-refractivity contribution in [3.63, 3.8) is 0 Å². The second-order valence-corrected chi connectivity index (χ2v) is 16.4. The van der Waals surface area contributed by atoms with Crippen molar-refractivity contribution in [2.45, 2.75) is 175 Å². The second kappa shape index (κ2) is 28.9. The SMILES string of the molecule is CCCCCCCCCCCCCCCC(=O)N1CCC(CCO/N=C(\C)c2ccc(C(=O)NCCCC[C@H](NC(=O)[C@@H](C)CC(C)C)C(N)=O)cc2)CC1. The van der Waals surface area contributed by atoms with Crippen LogP contribution >= 0.6 is 0 Å². The Labute approximate surface area is 333 Å². The van der Waals surface area contributed by atoms with Gasteiger partial charge in [-0.15, -0.1) is 0 Å². The molecule has 1 aliphatic rings. The second-order valence-electron chi connectivity index (χ2n) is 16.4. The number of oxime groups is 1. The first-order valence-corrected chi connectivity index (χ1v) is 21.9. The quantitative estimate of drug-likeness (QED) is 0.0407. The van der Waals surface area contributed by atoms with Crippen LogP contribution in [-0.2, 0) is 19.2 Å². The highest BCUT2D eigenvalue weighted by atomic mass is 16.6. The first-order valence-electron chi connectivity index (χ1n) is 21.9. The van der Waals surface area contributed by atoms with E-state index in [1.54, 1.807) is 12.1 Å². The molecule has 10 heteroatoms. The maximum atomic E-state index is 12.7. The zero-order valence-electron chi connectivity index (χ0n) is 35.3. The van der Waals surface area contributed by atoms with Crippen molar-refractivity contribution >= 4 is 29.3 Å². The molecule has 0 saturated carbocycles. The number of nitrogens with two attached hydrogens (primary N) is 1. The van der Waals surface area contributed by atoms with Gasteiger partial charge in [0.15, 0.2) is 0 Å². The lowest BCUT2D eigenvalue weighted by atomic mass is 9.93. The Balaban J connectivity index is 1.54. The standard InChI is InChI=1S/C45H77N5O5/c1-6-7-8-9-10-11-12-13-14-15-16-17-18-22-42(51)50-31-27-38(28-32-50)29-33-55-49-37(5)39-23-25-40(26-24-39)45(54)47-30-20-19-21-41(43(46)52)48-44(53)36(4)34-35(2)3/h23-26,35-36,38,41H,6-22,27-34H2,1-5H3,(H2,46,52)(H,47,54)(H,48,53)/b49-37+/t36-,41-/m0/s1. The molecule has 1 aliphatic heterocycles. The lowest BCUT2D eigenvalue weighted by Gasteiger charge is -2.32. The average molecular weight is 768 g/mol. The van der Waals surface area contributed by atoms with Gasteiger partial charge >= 0.3 is 0 Å². The van der Waals surface area contributed by atoms with E-state index < -0.39 is 11.9 Å². The molecule has 2 atom stereocenters. The number of carbonyl (C=O) groups excluding carboxylic acids is 4. The number of carbonyl (C=O) groups is 4. The summed E-state index contributed by atoms with van der Waals surface area (Å²) in [5.74, 6) is 0.195. The lowest BCUT2D eigenvalue weighted by molar-refractivity contribution is -0.132. The van der Waals surface area contributed by atoms with E-state index in [0.29, 0.717) is 62.1 Å². The minimum absolute atomic E-state index is 0.156. The molecule has 0 unspecified atom stereocenters. The molecule has 4 amide bonds. The maximum absolute atomic E-state index is 12.7. The lowest BCUT2D eigenvalue weighted by Crippen LogP contribution is -2.46. The van der Waals surface area contributed by atoms with Gasteiger partial charge in [0.05, 0.1) is 5.71 Å². The fourth-order valence-electron chi connectivity index (χ4n) is 7.39. The van der Waals surface area contributed by atoms with Crippen LogP contribution in [0, 0.1) is 17.8 Å². The van der Waals surface area contributed by atoms with E-state index in [-0.39, 0.29) is 17.7 Å². The number of amides is 4. The van der Waals surface area contributed by atoms with Gasteiger partial charge in [0.25, 0.3) is 5.91 Å². The van der Waals surface area contributed by atoms with Crippen molar-refractivity contribution in [1.29, 1.82) is 0 Å². The van der Waals surface area contributed by atoms with Gasteiger partial charge in [-0.3, -0.25) is 19.2 Å². The summed E-state index contributed by atoms with van der Waals surface area (Å²) in [6.45, 7) is 12.8. The summed E-state index contributed by atoms with van der Waals surface area (Å²) in [4.78, 5) is 57.4. The zero-order valence-corrected chi connectivity index (χ0v) is 35.3. The molecule has 1 fully saturated rings. The molecule has 0 bridgehead atoms. The van der Waals surface area contributed by atoms with E-state index in [0.717, 1.165) is 56.5 Å². The number of rotatable bonds is 30. The molecule has 0 radical (unpaired) electrons. The normalized spacial score (nSPS) is 14.8. The number of benzene rings is 1. The van der Waals surface area contributed by atoms with Gasteiger partial charge in [-0.1, -0.05) is 122 Å². The Hall–Kier alpha value is -3.43. The Morgan fingerprint density at radius 3 is 1.95 bits per heavy atom. The molecule has 2 rings (SSSR count). The van der Waals surface area contributed by atoms with Crippen LogP contribution in [-0.4, -0.2) is 66.5 Å². The zero-order chi connectivity index (χ0) is 40.3. The fraction of sp³-hybridized carbons (Fsp3) is 0.756. The molecule has 1 saturated heterocycles. The average Bonchev–Trinajstić information content (AvgIpc) is 3.17. The molecule has 0 aliphatic carbocycles. The van der Waals surface area contributed by atoms with Crippen LogP contribution in [0.1, 0.15) is 185 Å². The number of nitrogens with one attached hydrogen (secondary N) is 2. The van der Waals surface area contributed by atoms with E-state index in [4.69, 9.17) is 10.6 Å². The van der Waals surface area contributed by atoms with Crippen molar-refractivity contribution in [3.05, 3.63) is 35.4 Å². The number of hydrogen-bond donors (Lipinski definition) is 3. The predicted molar refractivity (Wildman–Crippen MR) is 225 cm³/mol. The Kier molecular flexibility index (Phi) is 25.1. The van der Waals surface area contributed by atoms with Crippen LogP contribution in [0.15, 0.2) is 29.4 Å². The minimum Gasteiger partial charge on any atom is -0.396 e. The van der Waals surface area contributed by atoms with Crippen molar-refractivity contribution in [2.24, 2.45) is 28.6 Å². The third kappa shape index (κ3) is 21.5. The van der Waals surface area contributed by atoms with Gasteiger partial charge in [0.2, 0.25) is 17.7 Å². The summed E-state index contributed by atoms with van der Waals surface area (Å²) in [7, 11) is 0. The van der Waals surface area contributed by atoms with E-state index in [1.165, 1.54) is 77.0 Å². The number of hydrogen-bond acceptors (Lipinski definition) is 6. The smallest absolute Gasteiger partial charge is 0.251 e. The largest absolute Gasteiger partial charge is 0.396 e. The van der Waals surface area contributed by atoms with Gasteiger partial charge in [0, 0.05) is 37.5 Å². The van der Waals surface area contributed by atoms with E-state index in [1.807, 2.05) is 26.0 Å². The highest BCUT2D eigenvalue weighted by Crippen LogP contribution is 2.22. The van der Waals surface area contributed by atoms with Crippen molar-refractivity contribution in [1.82, 2.24) is 15.5 Å². The van der Waals surface area contributed by atoms with Gasteiger partial charge in [-0.25, -0.2) is 0 Å². The molecular formula is C45H77N5O5. The highest BCUT2D eigenvalue weighted by molar-refractivity contribution is 6.00. The molecule has 1 heterocycles. The Morgan fingerprint density at radius 2 is 1.38 bits per heavy atom. The minimum atomic E-state index is -0.710. The molecule has 0 spiro atoms. The van der Waals surface area contributed by atoms with Crippen LogP contribution in [0.5, 0.6) is 0 Å². The third-order valence-electron chi connectivity index (χ3n) is 11.0. The number of primary amides is 1. The maximum Gasteiger partial charge on any atom is 0.251 e. The summed E-state index contributed by atoms with van der Waals surface area (Å²) >= 11 is 0. The molecule has 0 aromatic heterocycles. The van der Waals surface area contributed by atoms with Gasteiger partial charge in [-0.2, -0.15) is 0 Å². The molecule has 1 aromatic rings. The molecular weight excluding hydrogens is 691 g/mol. The highest BCUT2D eigenvalue weighted by Gasteiger charge is 2.23. The molecule has 1 aromatic carbocycles. The molecule has 55 heavy (non-hydrogen) atoms. The van der Waals surface area contributed by atoms with Gasteiger partial charge in [-0.05, 0) is 87.8 Å². The number of unbranched alkanes of at least 4 members (excludes halogenated alkanes) is 13. The van der Waals surface area contributed by atoms with Crippen LogP contribution in [0.3, 0.4) is 0 Å². The number of piperidine rings is 1. The number of nitrogens with zero attached hydrogens (tertiary/aromatic N) is 2. The first kappa shape index (κ1) is 47.7. The van der Waals surface area contributed by atoms with Crippen molar-refractivity contribution in [2.75, 3.05) is 26.2 Å². The first-order chi connectivity index (χ1) is 26.5. The fourth-order valence-corrected chi connectivity index (χ4v) is 7.39.